The van der Waals surface area contributed by atoms with E-state index in [1.165, 1.54) is 0 Å². The Labute approximate surface area is 247 Å². The van der Waals surface area contributed by atoms with Crippen molar-refractivity contribution >= 4 is 11.6 Å². The standard InChI is InChI=1S/C28H29ClN2O6.Na/c1-18-15-22(35-14-13-28(2,3)34)11-12-23(18)24-6-4-5-20(25(24)29)17-36-21-9-7-19(8-10-21)16-31-26(32)30-27(33)37-31;/h4-12,15,34H,13-14,16-17H2,1-3H3,(H,30,32,33);/q;+1/p-1. The molecule has 0 atom stereocenters. The van der Waals surface area contributed by atoms with Crippen LogP contribution < -0.4 is 55.5 Å². The Morgan fingerprint density at radius 3 is 2.34 bits per heavy atom. The molecular formula is C28H28ClN2NaO6. The number of halogens is 1. The Balaban J connectivity index is 0.00000400. The van der Waals surface area contributed by atoms with Crippen molar-refractivity contribution in [2.45, 2.75) is 45.9 Å². The smallest absolute Gasteiger partial charge is 0.493 e. The summed E-state index contributed by atoms with van der Waals surface area (Å²) < 4.78 is 17.4. The predicted molar refractivity (Wildman–Crippen MR) is 140 cm³/mol. The van der Waals surface area contributed by atoms with Gasteiger partial charge in [-0.05, 0) is 61.7 Å². The van der Waals surface area contributed by atoms with Crippen LogP contribution in [0.3, 0.4) is 0 Å². The molecule has 0 bridgehead atoms. The van der Waals surface area contributed by atoms with Crippen LogP contribution in [0, 0.1) is 6.92 Å². The molecule has 0 unspecified atom stereocenters. The van der Waals surface area contributed by atoms with Gasteiger partial charge in [0.25, 0.3) is 0 Å². The normalized spacial score (nSPS) is 11.2. The molecule has 1 N–H and O–H groups in total. The van der Waals surface area contributed by atoms with Gasteiger partial charge in [0.05, 0.1) is 17.2 Å². The third kappa shape index (κ3) is 7.88. The molecule has 3 aromatic carbocycles. The van der Waals surface area contributed by atoms with Crippen molar-refractivity contribution in [2.24, 2.45) is 0 Å². The van der Waals surface area contributed by atoms with Crippen molar-refractivity contribution in [1.82, 2.24) is 9.72 Å². The summed E-state index contributed by atoms with van der Waals surface area (Å²) in [7, 11) is 0. The second-order valence-corrected chi connectivity index (χ2v) is 9.77. The number of aryl methyl sites for hydroxylation is 1. The van der Waals surface area contributed by atoms with Crippen LogP contribution in [0.25, 0.3) is 11.1 Å². The van der Waals surface area contributed by atoms with Crippen LogP contribution in [-0.4, -0.2) is 22.1 Å². The van der Waals surface area contributed by atoms with Gasteiger partial charge in [0.1, 0.15) is 18.1 Å². The maximum atomic E-state index is 11.6. The number of benzene rings is 3. The monoisotopic (exact) mass is 546 g/mol. The number of ether oxygens (including phenoxy) is 2. The molecule has 4 aromatic rings. The first-order valence-corrected chi connectivity index (χ1v) is 12.2. The number of hydrogen-bond acceptors (Lipinski definition) is 6. The third-order valence-electron chi connectivity index (χ3n) is 5.78. The summed E-state index contributed by atoms with van der Waals surface area (Å²) in [6.07, 6.45) is 0.536. The second kappa shape index (κ2) is 12.9. The first-order valence-electron chi connectivity index (χ1n) is 11.8. The minimum Gasteiger partial charge on any atom is -0.493 e. The first-order chi connectivity index (χ1) is 17.6. The van der Waals surface area contributed by atoms with Crippen LogP contribution in [0.15, 0.2) is 74.8 Å². The number of hydrogen-bond donors (Lipinski definition) is 1. The summed E-state index contributed by atoms with van der Waals surface area (Å²) in [6.45, 7) is 6.32. The number of aromatic nitrogens is 2. The van der Waals surface area contributed by atoms with Crippen molar-refractivity contribution in [2.75, 3.05) is 6.61 Å². The number of rotatable bonds is 10. The van der Waals surface area contributed by atoms with E-state index in [-0.39, 0.29) is 42.7 Å². The Kier molecular flexibility index (Phi) is 10.1. The molecule has 0 radical (unpaired) electrons. The summed E-state index contributed by atoms with van der Waals surface area (Å²) in [4.78, 5) is 25.8. The van der Waals surface area contributed by atoms with Gasteiger partial charge in [-0.1, -0.05) is 48.0 Å². The number of nitrogens with zero attached hydrogens (tertiary/aromatic N) is 2. The molecule has 8 nitrogen and oxygen atoms in total. The van der Waals surface area contributed by atoms with E-state index in [0.29, 0.717) is 23.8 Å². The van der Waals surface area contributed by atoms with Gasteiger partial charge in [-0.25, -0.2) is 4.79 Å². The van der Waals surface area contributed by atoms with Gasteiger partial charge in [-0.15, -0.1) is 0 Å². The van der Waals surface area contributed by atoms with Crippen molar-refractivity contribution in [3.63, 3.8) is 0 Å². The van der Waals surface area contributed by atoms with Gasteiger partial charge in [-0.3, -0.25) is 9.53 Å². The summed E-state index contributed by atoms with van der Waals surface area (Å²) >= 11 is 6.77. The largest absolute Gasteiger partial charge is 1.00 e. The molecule has 10 heteroatoms. The average molecular weight is 547 g/mol. The van der Waals surface area contributed by atoms with E-state index in [0.717, 1.165) is 38.3 Å². The van der Waals surface area contributed by atoms with Crippen LogP contribution in [0.4, 0.5) is 0 Å². The molecule has 0 amide bonds. The quantitative estimate of drug-likeness (QED) is 0.301. The number of aliphatic hydroxyl groups is 1. The van der Waals surface area contributed by atoms with Gasteiger partial charge in [0.2, 0.25) is 0 Å². The van der Waals surface area contributed by atoms with Crippen LogP contribution in [0.1, 0.15) is 37.0 Å². The van der Waals surface area contributed by atoms with Crippen molar-refractivity contribution < 1.29 is 48.7 Å². The molecule has 194 valence electrons. The van der Waals surface area contributed by atoms with E-state index in [1.54, 1.807) is 38.1 Å². The van der Waals surface area contributed by atoms with Crippen molar-refractivity contribution in [1.29, 1.82) is 0 Å². The van der Waals surface area contributed by atoms with Crippen LogP contribution in [-0.2, 0) is 13.2 Å². The maximum absolute atomic E-state index is 11.6. The van der Waals surface area contributed by atoms with Gasteiger partial charge in [-0.2, -0.15) is 0 Å². The van der Waals surface area contributed by atoms with Gasteiger partial charge in [0.15, 0.2) is 5.69 Å². The molecule has 0 aliphatic heterocycles. The Morgan fingerprint density at radius 2 is 1.71 bits per heavy atom. The van der Waals surface area contributed by atoms with E-state index >= 15 is 0 Å². The van der Waals surface area contributed by atoms with E-state index < -0.39 is 17.0 Å². The fourth-order valence-electron chi connectivity index (χ4n) is 3.75. The third-order valence-corrected chi connectivity index (χ3v) is 6.23. The van der Waals surface area contributed by atoms with E-state index in [9.17, 15) is 14.7 Å². The molecule has 38 heavy (non-hydrogen) atoms. The van der Waals surface area contributed by atoms with Crippen molar-refractivity contribution in [3.8, 4) is 22.6 Å². The van der Waals surface area contributed by atoms with Crippen LogP contribution >= 0.6 is 11.6 Å². The van der Waals surface area contributed by atoms with Gasteiger partial charge in [0, 0.05) is 24.1 Å². The SMILES string of the molecule is Cc1cc(OCCC(C)(C)O)ccc1-c1cccc(COc2ccc(Cn3oc(=O)[n-]c3=O)cc2)c1Cl.[Na+]. The van der Waals surface area contributed by atoms with Crippen LogP contribution in [0.2, 0.25) is 5.02 Å². The Bertz CT molecular complexity index is 1480. The molecular weight excluding hydrogens is 519 g/mol. The molecule has 1 aromatic heterocycles. The molecule has 1 heterocycles. The van der Waals surface area contributed by atoms with Gasteiger partial charge >= 0.3 is 35.3 Å². The zero-order chi connectivity index (χ0) is 26.6. The van der Waals surface area contributed by atoms with E-state index in [2.05, 4.69) is 4.98 Å². The molecule has 0 aliphatic rings. The summed E-state index contributed by atoms with van der Waals surface area (Å²) in [5.41, 5.74) is 3.02. The first kappa shape index (κ1) is 29.8. The van der Waals surface area contributed by atoms with Crippen molar-refractivity contribution in [3.05, 3.63) is 103 Å². The zero-order valence-corrected chi connectivity index (χ0v) is 24.6. The minimum atomic E-state index is -0.911. The maximum Gasteiger partial charge on any atom is 1.00 e. The topological polar surface area (TPSA) is 105 Å². The zero-order valence-electron chi connectivity index (χ0n) is 21.9. The van der Waals surface area contributed by atoms with E-state index in [1.807, 2.05) is 43.3 Å². The summed E-state index contributed by atoms with van der Waals surface area (Å²) in [5, 5.41) is 10.5. The Morgan fingerprint density at radius 1 is 1.00 bits per heavy atom. The average Bonchev–Trinajstić information content (AvgIpc) is 3.15. The minimum absolute atomic E-state index is 0. The molecule has 0 saturated carbocycles. The summed E-state index contributed by atoms with van der Waals surface area (Å²) in [6, 6.07) is 18.8. The van der Waals surface area contributed by atoms with Crippen LogP contribution in [0.5, 0.6) is 11.5 Å². The molecule has 0 aliphatic carbocycles. The molecule has 4 rings (SSSR count). The van der Waals surface area contributed by atoms with E-state index in [4.69, 9.17) is 25.6 Å². The summed E-state index contributed by atoms with van der Waals surface area (Å²) in [5.74, 6) is 0.459. The molecule has 0 saturated heterocycles. The fourth-order valence-corrected chi connectivity index (χ4v) is 4.03. The Hall–Kier alpha value is -2.75. The van der Waals surface area contributed by atoms with Gasteiger partial charge < -0.3 is 24.1 Å². The molecule has 0 fully saturated rings. The second-order valence-electron chi connectivity index (χ2n) is 9.39. The fraction of sp³-hybridized carbons (Fsp3) is 0.286. The molecule has 0 spiro atoms. The predicted octanol–water partition coefficient (Wildman–Crippen LogP) is 1.56.